The van der Waals surface area contributed by atoms with Crippen LogP contribution >= 0.6 is 0 Å². The van der Waals surface area contributed by atoms with Crippen molar-refractivity contribution >= 4 is 10.0 Å². The molecular weight excluding hydrogens is 410 g/mol. The van der Waals surface area contributed by atoms with Gasteiger partial charge in [-0.15, -0.1) is 0 Å². The largest absolute Gasteiger partial charge is 0.477 e. The lowest BCUT2D eigenvalue weighted by Crippen LogP contribution is -2.13. The maximum atomic E-state index is 12.2. The van der Waals surface area contributed by atoms with E-state index in [1.165, 1.54) is 6.07 Å². The van der Waals surface area contributed by atoms with Crippen LogP contribution in [0.3, 0.4) is 0 Å². The first kappa shape index (κ1) is 22.5. The van der Waals surface area contributed by atoms with Crippen LogP contribution in [0.1, 0.15) is 37.8 Å². The minimum absolute atomic E-state index is 0.0202. The number of primary sulfonamides is 1. The highest BCUT2D eigenvalue weighted by atomic mass is 32.2. The summed E-state index contributed by atoms with van der Waals surface area (Å²) in [5, 5.41) is 15.2. The summed E-state index contributed by atoms with van der Waals surface area (Å²) in [7, 11) is -3.98. The highest BCUT2D eigenvalue weighted by Crippen LogP contribution is 2.37. The van der Waals surface area contributed by atoms with Crippen molar-refractivity contribution in [3.8, 4) is 34.3 Å². The summed E-state index contributed by atoms with van der Waals surface area (Å²) in [6.45, 7) is 4.55. The number of pyridine rings is 1. The molecule has 0 spiro atoms. The Balaban J connectivity index is 2.31. The second-order valence-corrected chi connectivity index (χ2v) is 8.68. The van der Waals surface area contributed by atoms with Gasteiger partial charge in [0.2, 0.25) is 15.9 Å². The Morgan fingerprint density at radius 2 is 1.84 bits per heavy atom. The molecule has 0 aliphatic rings. The van der Waals surface area contributed by atoms with Gasteiger partial charge in [-0.3, -0.25) is 0 Å². The van der Waals surface area contributed by atoms with Crippen LogP contribution < -0.4 is 9.88 Å². The fourth-order valence-corrected chi connectivity index (χ4v) is 4.05. The maximum absolute atomic E-state index is 12.2. The third-order valence-corrected chi connectivity index (χ3v) is 5.91. The summed E-state index contributed by atoms with van der Waals surface area (Å²) >= 11 is 0. The van der Waals surface area contributed by atoms with Gasteiger partial charge in [0.25, 0.3) is 0 Å². The van der Waals surface area contributed by atoms with Crippen LogP contribution in [0.4, 0.5) is 0 Å². The van der Waals surface area contributed by atoms with Gasteiger partial charge in [-0.2, -0.15) is 5.26 Å². The third-order valence-electron chi connectivity index (χ3n) is 4.94. The van der Waals surface area contributed by atoms with E-state index in [0.717, 1.165) is 30.4 Å². The second kappa shape index (κ2) is 9.73. The number of nitriles is 1. The first-order valence-electron chi connectivity index (χ1n) is 10.2. The predicted molar refractivity (Wildman–Crippen MR) is 121 cm³/mol. The quantitative estimate of drug-likeness (QED) is 0.517. The first-order chi connectivity index (χ1) is 14.9. The lowest BCUT2D eigenvalue weighted by Gasteiger charge is -2.16. The lowest BCUT2D eigenvalue weighted by molar-refractivity contribution is 0.297. The van der Waals surface area contributed by atoms with Gasteiger partial charge in [0.05, 0.1) is 17.2 Å². The number of ether oxygens (including phenoxy) is 1. The fourth-order valence-electron chi connectivity index (χ4n) is 3.30. The Kier molecular flexibility index (Phi) is 7.06. The topological polar surface area (TPSA) is 106 Å². The minimum atomic E-state index is -3.98. The van der Waals surface area contributed by atoms with Crippen molar-refractivity contribution in [3.05, 3.63) is 65.7 Å². The average molecular weight is 436 g/mol. The molecule has 2 N–H and O–H groups in total. The predicted octanol–water partition coefficient (Wildman–Crippen LogP) is 4.68. The van der Waals surface area contributed by atoms with Crippen molar-refractivity contribution in [3.63, 3.8) is 0 Å². The van der Waals surface area contributed by atoms with Crippen molar-refractivity contribution in [1.29, 1.82) is 5.26 Å². The van der Waals surface area contributed by atoms with E-state index in [0.29, 0.717) is 23.4 Å². The van der Waals surface area contributed by atoms with Crippen LogP contribution in [0.15, 0.2) is 59.5 Å². The smallest absolute Gasteiger partial charge is 0.238 e. The van der Waals surface area contributed by atoms with E-state index in [4.69, 9.17) is 9.88 Å². The Morgan fingerprint density at radius 3 is 2.52 bits per heavy atom. The molecule has 1 aromatic heterocycles. The molecule has 0 aliphatic carbocycles. The van der Waals surface area contributed by atoms with Gasteiger partial charge < -0.3 is 4.74 Å². The Bertz CT molecular complexity index is 1230. The number of benzene rings is 2. The molecule has 0 saturated heterocycles. The fraction of sp³-hybridized carbons (Fsp3) is 0.250. The van der Waals surface area contributed by atoms with Gasteiger partial charge in [-0.25, -0.2) is 18.5 Å². The third kappa shape index (κ3) is 5.10. The molecule has 2 aromatic carbocycles. The van der Waals surface area contributed by atoms with Crippen molar-refractivity contribution in [1.82, 2.24) is 4.98 Å². The van der Waals surface area contributed by atoms with Crippen LogP contribution in [0.2, 0.25) is 0 Å². The molecule has 3 aromatic rings. The Labute approximate surface area is 183 Å². The normalized spacial score (nSPS) is 11.2. The summed E-state index contributed by atoms with van der Waals surface area (Å²) in [4.78, 5) is 4.66. The number of sulfonamides is 1. The van der Waals surface area contributed by atoms with E-state index in [2.05, 4.69) is 24.9 Å². The number of nitrogens with two attached hydrogens (primary N) is 1. The molecule has 0 aliphatic heterocycles. The molecule has 160 valence electrons. The molecule has 7 heteroatoms. The number of unbranched alkanes of at least 4 members (excludes halogenated alkanes) is 1. The standard InChI is InChI=1S/C24H25N3O3S/c1-3-5-13-30-24-19(16-25)15-21(20-11-6-7-12-22(20)31(26,28)29)23(27-24)18-10-8-9-17(4-2)14-18/h6-12,14-15H,3-5,13H2,1-2H3,(H2,26,28,29). The van der Waals surface area contributed by atoms with Gasteiger partial charge >= 0.3 is 0 Å². The Morgan fingerprint density at radius 1 is 1.06 bits per heavy atom. The van der Waals surface area contributed by atoms with Crippen molar-refractivity contribution in [2.24, 2.45) is 5.14 Å². The monoisotopic (exact) mass is 435 g/mol. The number of hydrogen-bond donors (Lipinski definition) is 1. The highest BCUT2D eigenvalue weighted by molar-refractivity contribution is 7.89. The molecular formula is C24H25N3O3S. The van der Waals surface area contributed by atoms with Gasteiger partial charge in [0.1, 0.15) is 11.6 Å². The Hall–Kier alpha value is -3.21. The van der Waals surface area contributed by atoms with E-state index in [-0.39, 0.29) is 16.3 Å². The molecule has 0 radical (unpaired) electrons. The average Bonchev–Trinajstić information content (AvgIpc) is 2.78. The first-order valence-corrected chi connectivity index (χ1v) is 11.7. The number of aromatic nitrogens is 1. The van der Waals surface area contributed by atoms with E-state index in [1.54, 1.807) is 24.3 Å². The van der Waals surface area contributed by atoms with E-state index in [1.807, 2.05) is 24.3 Å². The zero-order valence-corrected chi connectivity index (χ0v) is 18.4. The number of aryl methyl sites for hydroxylation is 1. The number of nitrogens with zero attached hydrogens (tertiary/aromatic N) is 2. The van der Waals surface area contributed by atoms with E-state index in [9.17, 15) is 13.7 Å². The van der Waals surface area contributed by atoms with Gasteiger partial charge in [-0.05, 0) is 36.6 Å². The second-order valence-electron chi connectivity index (χ2n) is 7.15. The zero-order chi connectivity index (χ0) is 22.4. The summed E-state index contributed by atoms with van der Waals surface area (Å²) in [6.07, 6.45) is 2.63. The van der Waals surface area contributed by atoms with Gasteiger partial charge in [-0.1, -0.05) is 56.7 Å². The highest BCUT2D eigenvalue weighted by Gasteiger charge is 2.21. The van der Waals surface area contributed by atoms with Gasteiger partial charge in [0, 0.05) is 16.7 Å². The van der Waals surface area contributed by atoms with E-state index >= 15 is 0 Å². The maximum Gasteiger partial charge on any atom is 0.238 e. The van der Waals surface area contributed by atoms with Crippen LogP contribution in [0.25, 0.3) is 22.4 Å². The summed E-state index contributed by atoms with van der Waals surface area (Å²) in [5.41, 5.74) is 3.61. The molecule has 0 saturated carbocycles. The van der Waals surface area contributed by atoms with Crippen LogP contribution in [-0.2, 0) is 16.4 Å². The van der Waals surface area contributed by atoms with Crippen molar-refractivity contribution in [2.75, 3.05) is 6.61 Å². The van der Waals surface area contributed by atoms with Crippen LogP contribution in [0, 0.1) is 11.3 Å². The molecule has 0 atom stereocenters. The van der Waals surface area contributed by atoms with E-state index < -0.39 is 10.0 Å². The minimum Gasteiger partial charge on any atom is -0.477 e. The molecule has 3 rings (SSSR count). The molecule has 0 amide bonds. The lowest BCUT2D eigenvalue weighted by atomic mass is 9.96. The van der Waals surface area contributed by atoms with Crippen molar-refractivity contribution in [2.45, 2.75) is 38.0 Å². The van der Waals surface area contributed by atoms with Gasteiger partial charge in [0.15, 0.2) is 0 Å². The molecule has 31 heavy (non-hydrogen) atoms. The molecule has 0 bridgehead atoms. The molecule has 1 heterocycles. The SMILES string of the molecule is CCCCOc1nc(-c2cccc(CC)c2)c(-c2ccccc2S(N)(=O)=O)cc1C#N. The van der Waals surface area contributed by atoms with Crippen LogP contribution in [-0.4, -0.2) is 20.0 Å². The summed E-state index contributed by atoms with van der Waals surface area (Å²) < 4.78 is 30.3. The molecule has 0 unspecified atom stereocenters. The summed E-state index contributed by atoms with van der Waals surface area (Å²) in [5.74, 6) is 0.240. The molecule has 0 fully saturated rings. The number of rotatable bonds is 8. The number of hydrogen-bond acceptors (Lipinski definition) is 5. The molecule has 6 nitrogen and oxygen atoms in total. The summed E-state index contributed by atoms with van der Waals surface area (Å²) in [6, 6.07) is 18.1. The van der Waals surface area contributed by atoms with Crippen LogP contribution in [0.5, 0.6) is 5.88 Å². The van der Waals surface area contributed by atoms with Crippen molar-refractivity contribution < 1.29 is 13.2 Å². The zero-order valence-electron chi connectivity index (χ0n) is 17.6.